The van der Waals surface area contributed by atoms with Crippen LogP contribution in [0, 0.1) is 12.8 Å². The minimum atomic E-state index is -0.322. The molecular formula is C21H28ClN3O2. The molecule has 27 heavy (non-hydrogen) atoms. The van der Waals surface area contributed by atoms with E-state index < -0.39 is 0 Å². The predicted molar refractivity (Wildman–Crippen MR) is 110 cm³/mol. The number of halogens is 1. The summed E-state index contributed by atoms with van der Waals surface area (Å²) in [7, 11) is 0. The number of hydrogen-bond acceptors (Lipinski definition) is 3. The molecule has 1 saturated heterocycles. The highest BCUT2D eigenvalue weighted by molar-refractivity contribution is 6.30. The molecule has 1 saturated carbocycles. The van der Waals surface area contributed by atoms with Crippen molar-refractivity contribution in [3.63, 3.8) is 0 Å². The van der Waals surface area contributed by atoms with E-state index in [1.54, 1.807) is 17.7 Å². The molecule has 5 nitrogen and oxygen atoms in total. The summed E-state index contributed by atoms with van der Waals surface area (Å²) in [5.41, 5.74) is 1.67. The van der Waals surface area contributed by atoms with E-state index in [0.717, 1.165) is 37.0 Å². The van der Waals surface area contributed by atoms with Gasteiger partial charge in [-0.25, -0.2) is 4.79 Å². The third-order valence-corrected chi connectivity index (χ3v) is 5.95. The van der Waals surface area contributed by atoms with Crippen molar-refractivity contribution in [2.75, 3.05) is 19.6 Å². The Morgan fingerprint density at radius 2 is 1.89 bits per heavy atom. The first kappa shape index (κ1) is 19.9. The van der Waals surface area contributed by atoms with Gasteiger partial charge in [0.1, 0.15) is 0 Å². The molecule has 1 aromatic carbocycles. The molecule has 1 aromatic heterocycles. The zero-order valence-electron chi connectivity index (χ0n) is 16.3. The van der Waals surface area contributed by atoms with Crippen molar-refractivity contribution in [1.29, 1.82) is 0 Å². The van der Waals surface area contributed by atoms with Crippen molar-refractivity contribution in [2.45, 2.75) is 45.6 Å². The predicted octanol–water partition coefficient (Wildman–Crippen LogP) is 3.19. The molecule has 1 aliphatic heterocycles. The smallest absolute Gasteiger partial charge is 0.302 e. The van der Waals surface area contributed by atoms with Crippen LogP contribution in [0.4, 0.5) is 0 Å². The van der Waals surface area contributed by atoms with E-state index in [1.165, 1.54) is 12.0 Å². The van der Waals surface area contributed by atoms with E-state index in [9.17, 15) is 9.59 Å². The molecule has 146 valence electrons. The lowest BCUT2D eigenvalue weighted by Crippen LogP contribution is -2.32. The molecule has 2 atom stereocenters. The summed E-state index contributed by atoms with van der Waals surface area (Å²) in [6.07, 6.45) is 3.82. The van der Waals surface area contributed by atoms with Crippen LogP contribution >= 0.6 is 11.6 Å². The molecule has 0 amide bonds. The first-order valence-corrected chi connectivity index (χ1v) is 10.1. The van der Waals surface area contributed by atoms with Crippen molar-refractivity contribution in [3.05, 3.63) is 67.4 Å². The topological polar surface area (TPSA) is 58.1 Å². The maximum atomic E-state index is 11.8. The molecule has 2 aliphatic rings. The third kappa shape index (κ3) is 4.04. The van der Waals surface area contributed by atoms with Crippen LogP contribution < -0.4 is 11.2 Å². The van der Waals surface area contributed by atoms with Crippen molar-refractivity contribution >= 4 is 11.6 Å². The van der Waals surface area contributed by atoms with Crippen molar-refractivity contribution in [2.24, 2.45) is 5.92 Å². The molecule has 0 radical (unpaired) electrons. The van der Waals surface area contributed by atoms with Gasteiger partial charge < -0.3 is 9.47 Å². The normalized spacial score (nSPS) is 23.5. The fraction of sp³-hybridized carbons (Fsp3) is 0.524. The fourth-order valence-electron chi connectivity index (χ4n) is 4.24. The molecule has 1 N–H and O–H groups in total. The second-order valence-corrected chi connectivity index (χ2v) is 7.85. The SMILES string of the molecule is CC.Cc1cn(CCCN2C[C@H]3C[C@@]3(c3ccc(Cl)cc3)C2)c(=O)[nH]c1=O. The Bertz CT molecular complexity index is 903. The number of nitrogens with one attached hydrogen (secondary N) is 1. The number of H-pyrrole nitrogens is 1. The summed E-state index contributed by atoms with van der Waals surface area (Å²) in [5, 5.41) is 0.786. The van der Waals surface area contributed by atoms with Gasteiger partial charge in [-0.3, -0.25) is 9.78 Å². The van der Waals surface area contributed by atoms with Gasteiger partial charge in [0.25, 0.3) is 5.56 Å². The van der Waals surface area contributed by atoms with Gasteiger partial charge in [0.15, 0.2) is 0 Å². The van der Waals surface area contributed by atoms with E-state index >= 15 is 0 Å². The van der Waals surface area contributed by atoms with E-state index in [2.05, 4.69) is 22.0 Å². The second kappa shape index (κ2) is 8.03. The van der Waals surface area contributed by atoms with Gasteiger partial charge in [-0.05, 0) is 49.9 Å². The van der Waals surface area contributed by atoms with Gasteiger partial charge in [-0.1, -0.05) is 37.6 Å². The van der Waals surface area contributed by atoms with E-state index in [4.69, 9.17) is 11.6 Å². The van der Waals surface area contributed by atoms with Crippen molar-refractivity contribution in [3.8, 4) is 0 Å². The number of likely N-dealkylation sites (tertiary alicyclic amines) is 1. The minimum absolute atomic E-state index is 0.300. The average Bonchev–Trinajstić information content (AvgIpc) is 3.23. The lowest BCUT2D eigenvalue weighted by molar-refractivity contribution is 0.287. The number of hydrogen-bond donors (Lipinski definition) is 1. The Kier molecular flexibility index (Phi) is 5.92. The van der Waals surface area contributed by atoms with Crippen LogP contribution in [-0.2, 0) is 12.0 Å². The third-order valence-electron chi connectivity index (χ3n) is 5.70. The number of fused-ring (bicyclic) bond motifs is 1. The maximum Gasteiger partial charge on any atom is 0.328 e. The van der Waals surface area contributed by atoms with Crippen LogP contribution in [-0.4, -0.2) is 34.1 Å². The lowest BCUT2D eigenvalue weighted by Gasteiger charge is -2.21. The van der Waals surface area contributed by atoms with Crippen LogP contribution in [0.2, 0.25) is 5.02 Å². The summed E-state index contributed by atoms with van der Waals surface area (Å²) >= 11 is 6.01. The Labute approximate surface area is 165 Å². The van der Waals surface area contributed by atoms with Gasteiger partial charge >= 0.3 is 5.69 Å². The maximum absolute atomic E-state index is 11.8. The van der Waals surface area contributed by atoms with E-state index in [0.29, 0.717) is 17.5 Å². The van der Waals surface area contributed by atoms with Crippen LogP contribution in [0.5, 0.6) is 0 Å². The van der Waals surface area contributed by atoms with Gasteiger partial charge in [-0.2, -0.15) is 0 Å². The van der Waals surface area contributed by atoms with Crippen molar-refractivity contribution in [1.82, 2.24) is 14.5 Å². The van der Waals surface area contributed by atoms with Gasteiger partial charge in [-0.15, -0.1) is 0 Å². The molecule has 0 spiro atoms. The molecule has 2 fully saturated rings. The Hall–Kier alpha value is -1.85. The number of aromatic nitrogens is 2. The van der Waals surface area contributed by atoms with Gasteiger partial charge in [0.05, 0.1) is 0 Å². The number of aryl methyl sites for hydroxylation is 2. The summed E-state index contributed by atoms with van der Waals surface area (Å²) in [6.45, 7) is 9.53. The van der Waals surface area contributed by atoms with Gasteiger partial charge in [0, 0.05) is 41.8 Å². The summed E-state index contributed by atoms with van der Waals surface area (Å²) in [4.78, 5) is 28.1. The van der Waals surface area contributed by atoms with Crippen LogP contribution in [0.15, 0.2) is 40.1 Å². The monoisotopic (exact) mass is 389 g/mol. The number of aromatic amines is 1. The number of rotatable bonds is 5. The van der Waals surface area contributed by atoms with Crippen LogP contribution in [0.3, 0.4) is 0 Å². The van der Waals surface area contributed by atoms with Crippen molar-refractivity contribution < 1.29 is 0 Å². The quantitative estimate of drug-likeness (QED) is 0.854. The second-order valence-electron chi connectivity index (χ2n) is 7.42. The fourth-order valence-corrected chi connectivity index (χ4v) is 4.36. The van der Waals surface area contributed by atoms with E-state index in [-0.39, 0.29) is 11.2 Å². The number of piperidine rings is 1. The lowest BCUT2D eigenvalue weighted by atomic mass is 9.95. The highest BCUT2D eigenvalue weighted by atomic mass is 35.5. The Balaban J connectivity index is 0.00000102. The zero-order chi connectivity index (χ0) is 19.6. The molecule has 0 unspecified atom stereocenters. The molecule has 4 rings (SSSR count). The molecule has 2 heterocycles. The first-order valence-electron chi connectivity index (χ1n) is 9.77. The largest absolute Gasteiger partial charge is 0.328 e. The highest BCUT2D eigenvalue weighted by Crippen LogP contribution is 2.59. The highest BCUT2D eigenvalue weighted by Gasteiger charge is 2.60. The number of nitrogens with zero attached hydrogens (tertiary/aromatic N) is 2. The zero-order valence-corrected chi connectivity index (χ0v) is 17.1. The summed E-state index contributed by atoms with van der Waals surface area (Å²) in [6, 6.07) is 8.28. The molecule has 2 aromatic rings. The molecule has 1 aliphatic carbocycles. The molecule has 0 bridgehead atoms. The minimum Gasteiger partial charge on any atom is -0.302 e. The average molecular weight is 390 g/mol. The molecular weight excluding hydrogens is 362 g/mol. The van der Waals surface area contributed by atoms with Crippen LogP contribution in [0.1, 0.15) is 37.8 Å². The molecule has 6 heteroatoms. The van der Waals surface area contributed by atoms with Gasteiger partial charge in [0.2, 0.25) is 0 Å². The summed E-state index contributed by atoms with van der Waals surface area (Å²) in [5.74, 6) is 0.742. The van der Waals surface area contributed by atoms with E-state index in [1.807, 2.05) is 26.0 Å². The Morgan fingerprint density at radius 1 is 1.19 bits per heavy atom. The number of benzene rings is 1. The first-order chi connectivity index (χ1) is 13.0. The standard InChI is InChI=1S/C19H22ClN3O2.C2H6/c1-13-10-23(18(25)21-17(13)24)8-2-7-22-11-15-9-19(15,12-22)14-3-5-16(20)6-4-14;1-2/h3-6,10,15H,2,7-9,11-12H2,1H3,(H,21,24,25);1-2H3/t15-,19+;/m1./s1. The summed E-state index contributed by atoms with van der Waals surface area (Å²) < 4.78 is 1.60. The Morgan fingerprint density at radius 3 is 2.59 bits per heavy atom. The van der Waals surface area contributed by atoms with Crippen LogP contribution in [0.25, 0.3) is 0 Å².